The summed E-state index contributed by atoms with van der Waals surface area (Å²) in [6.07, 6.45) is -1.79. The van der Waals surface area contributed by atoms with Crippen molar-refractivity contribution in [3.05, 3.63) is 12.2 Å². The fraction of sp³-hybridized carbons (Fsp3) is 0.842. The number of rotatable bonds is 5. The van der Waals surface area contributed by atoms with Gasteiger partial charge in [0.05, 0.1) is 12.7 Å². The van der Waals surface area contributed by atoms with E-state index in [1.807, 2.05) is 12.2 Å². The van der Waals surface area contributed by atoms with Gasteiger partial charge in [-0.3, -0.25) is 4.79 Å². The number of allylic oxidation sites excluding steroid dienone is 1. The maximum atomic E-state index is 11.8. The maximum Gasteiger partial charge on any atom is 0.187 e. The first-order valence-corrected chi connectivity index (χ1v) is 9.22. The zero-order valence-corrected chi connectivity index (χ0v) is 15.9. The molecule has 1 aliphatic carbocycles. The first kappa shape index (κ1) is 21.5. The number of hydrogen-bond acceptors (Lipinski definition) is 7. The molecular weight excluding hydrogens is 340 g/mol. The van der Waals surface area contributed by atoms with Gasteiger partial charge in [0, 0.05) is 12.8 Å². The van der Waals surface area contributed by atoms with Crippen LogP contribution in [-0.4, -0.2) is 69.6 Å². The Balaban J connectivity index is 2.00. The smallest absolute Gasteiger partial charge is 0.187 e. The Morgan fingerprint density at radius 3 is 2.50 bits per heavy atom. The minimum Gasteiger partial charge on any atom is -0.394 e. The molecule has 8 unspecified atom stereocenters. The average Bonchev–Trinajstić information content (AvgIpc) is 2.53. The van der Waals surface area contributed by atoms with E-state index < -0.39 is 43.4 Å². The molecule has 1 saturated heterocycles. The number of Topliss-reactive ketones (excluding diaryl/α,β-unsaturated/α-hetero) is 1. The molecule has 1 aliphatic heterocycles. The molecule has 0 bridgehead atoms. The van der Waals surface area contributed by atoms with Crippen molar-refractivity contribution < 1.29 is 34.7 Å². The van der Waals surface area contributed by atoms with Gasteiger partial charge in [0.2, 0.25) is 0 Å². The SMILES string of the molecule is CC(/C=C/C1C(C)CC(=O)CC1(C)C)OC1OC(CO)C(O)C(O)C1O. The van der Waals surface area contributed by atoms with Gasteiger partial charge in [0.15, 0.2) is 6.29 Å². The van der Waals surface area contributed by atoms with Crippen LogP contribution in [0, 0.1) is 17.3 Å². The highest BCUT2D eigenvalue weighted by molar-refractivity contribution is 5.80. The zero-order valence-electron chi connectivity index (χ0n) is 15.9. The predicted molar refractivity (Wildman–Crippen MR) is 94.1 cm³/mol. The van der Waals surface area contributed by atoms with Gasteiger partial charge >= 0.3 is 0 Å². The van der Waals surface area contributed by atoms with E-state index in [-0.39, 0.29) is 23.0 Å². The lowest BCUT2D eigenvalue weighted by Crippen LogP contribution is -2.59. The zero-order chi connectivity index (χ0) is 19.6. The number of hydrogen-bond donors (Lipinski definition) is 4. The predicted octanol–water partition coefficient (Wildman–Crippen LogP) is 0.389. The molecule has 7 heteroatoms. The standard InChI is InChI=1S/C19H32O7/c1-10-7-12(21)8-19(3,4)13(10)6-5-11(2)25-18-17(24)16(23)15(22)14(9-20)26-18/h5-6,10-11,13-18,20,22-24H,7-9H2,1-4H3/b6-5+. The van der Waals surface area contributed by atoms with E-state index in [1.54, 1.807) is 6.92 Å². The van der Waals surface area contributed by atoms with Crippen LogP contribution in [0.4, 0.5) is 0 Å². The maximum absolute atomic E-state index is 11.8. The molecule has 150 valence electrons. The van der Waals surface area contributed by atoms with Crippen LogP contribution in [0.1, 0.15) is 40.5 Å². The van der Waals surface area contributed by atoms with Gasteiger partial charge in [-0.2, -0.15) is 0 Å². The third-order valence-corrected chi connectivity index (χ3v) is 5.50. The molecule has 0 aromatic carbocycles. The molecule has 7 nitrogen and oxygen atoms in total. The molecule has 4 N–H and O–H groups in total. The van der Waals surface area contributed by atoms with E-state index in [4.69, 9.17) is 9.47 Å². The fourth-order valence-electron chi connectivity index (χ4n) is 4.12. The number of carbonyl (C=O) groups is 1. The molecule has 0 aromatic heterocycles. The van der Waals surface area contributed by atoms with Crippen molar-refractivity contribution in [1.82, 2.24) is 0 Å². The summed E-state index contributed by atoms with van der Waals surface area (Å²) in [6.45, 7) is 7.52. The second kappa shape index (κ2) is 8.46. The van der Waals surface area contributed by atoms with Gasteiger partial charge in [-0.15, -0.1) is 0 Å². The van der Waals surface area contributed by atoms with Crippen molar-refractivity contribution in [2.45, 2.75) is 77.3 Å². The quantitative estimate of drug-likeness (QED) is 0.516. The second-order valence-electron chi connectivity index (χ2n) is 8.33. The average molecular weight is 372 g/mol. The molecule has 1 heterocycles. The van der Waals surface area contributed by atoms with Crippen LogP contribution in [0.3, 0.4) is 0 Å². The number of aliphatic hydroxyl groups is 4. The lowest BCUT2D eigenvalue weighted by atomic mass is 9.63. The van der Waals surface area contributed by atoms with Gasteiger partial charge in [-0.1, -0.05) is 32.9 Å². The van der Waals surface area contributed by atoms with Gasteiger partial charge in [0.25, 0.3) is 0 Å². The van der Waals surface area contributed by atoms with Gasteiger partial charge in [-0.25, -0.2) is 0 Å². The van der Waals surface area contributed by atoms with Crippen LogP contribution in [0.5, 0.6) is 0 Å². The number of ether oxygens (including phenoxy) is 2. The summed E-state index contributed by atoms with van der Waals surface area (Å²) in [6, 6.07) is 0. The van der Waals surface area contributed by atoms with Crippen LogP contribution in [-0.2, 0) is 14.3 Å². The third-order valence-electron chi connectivity index (χ3n) is 5.50. The Bertz CT molecular complexity index is 516. The summed E-state index contributed by atoms with van der Waals surface area (Å²) >= 11 is 0. The fourth-order valence-corrected chi connectivity index (χ4v) is 4.12. The van der Waals surface area contributed by atoms with Gasteiger partial charge < -0.3 is 29.9 Å². The molecular formula is C19H32O7. The first-order valence-electron chi connectivity index (χ1n) is 9.22. The van der Waals surface area contributed by atoms with E-state index in [2.05, 4.69) is 20.8 Å². The molecule has 2 fully saturated rings. The summed E-state index contributed by atoms with van der Waals surface area (Å²) in [5.41, 5.74) is -0.131. The molecule has 0 amide bonds. The van der Waals surface area contributed by atoms with Crippen LogP contribution in [0.15, 0.2) is 12.2 Å². The monoisotopic (exact) mass is 372 g/mol. The first-order chi connectivity index (χ1) is 12.1. The highest BCUT2D eigenvalue weighted by atomic mass is 16.7. The number of ketones is 1. The van der Waals surface area contributed by atoms with Crippen molar-refractivity contribution in [1.29, 1.82) is 0 Å². The Kier molecular flexibility index (Phi) is 6.98. The second-order valence-corrected chi connectivity index (χ2v) is 8.33. The minimum atomic E-state index is -1.45. The third kappa shape index (κ3) is 4.71. The van der Waals surface area contributed by atoms with E-state index in [9.17, 15) is 25.2 Å². The Hall–Kier alpha value is -0.830. The molecule has 26 heavy (non-hydrogen) atoms. The Morgan fingerprint density at radius 1 is 1.27 bits per heavy atom. The van der Waals surface area contributed by atoms with Crippen molar-refractivity contribution in [3.8, 4) is 0 Å². The van der Waals surface area contributed by atoms with Crippen molar-refractivity contribution in [3.63, 3.8) is 0 Å². The van der Waals surface area contributed by atoms with Crippen molar-refractivity contribution in [2.75, 3.05) is 6.61 Å². The largest absolute Gasteiger partial charge is 0.394 e. The highest BCUT2D eigenvalue weighted by Gasteiger charge is 2.44. The van der Waals surface area contributed by atoms with Crippen LogP contribution < -0.4 is 0 Å². The summed E-state index contributed by atoms with van der Waals surface area (Å²) in [5, 5.41) is 38.9. The topological polar surface area (TPSA) is 116 Å². The van der Waals surface area contributed by atoms with Crippen LogP contribution >= 0.6 is 0 Å². The normalized spacial score (nSPS) is 42.2. The van der Waals surface area contributed by atoms with E-state index in [0.717, 1.165) is 0 Å². The lowest BCUT2D eigenvalue weighted by Gasteiger charge is -2.41. The van der Waals surface area contributed by atoms with Crippen LogP contribution in [0.2, 0.25) is 0 Å². The molecule has 2 rings (SSSR count). The minimum absolute atomic E-state index is 0.131. The molecule has 0 aromatic rings. The Morgan fingerprint density at radius 2 is 1.92 bits per heavy atom. The molecule has 0 radical (unpaired) electrons. The van der Waals surface area contributed by atoms with E-state index >= 15 is 0 Å². The lowest BCUT2D eigenvalue weighted by molar-refractivity contribution is -0.306. The van der Waals surface area contributed by atoms with Crippen molar-refractivity contribution in [2.24, 2.45) is 17.3 Å². The summed E-state index contributed by atoms with van der Waals surface area (Å²) in [4.78, 5) is 11.8. The van der Waals surface area contributed by atoms with Crippen LogP contribution in [0.25, 0.3) is 0 Å². The summed E-state index contributed by atoms with van der Waals surface area (Å²) in [5.74, 6) is 0.751. The van der Waals surface area contributed by atoms with Crippen molar-refractivity contribution >= 4 is 5.78 Å². The number of carbonyl (C=O) groups excluding carboxylic acids is 1. The molecule has 8 atom stereocenters. The van der Waals surface area contributed by atoms with Gasteiger partial charge in [-0.05, 0) is 24.2 Å². The van der Waals surface area contributed by atoms with E-state index in [1.165, 1.54) is 0 Å². The van der Waals surface area contributed by atoms with E-state index in [0.29, 0.717) is 12.8 Å². The summed E-state index contributed by atoms with van der Waals surface area (Å²) < 4.78 is 11.0. The number of aliphatic hydroxyl groups excluding tert-OH is 4. The molecule has 1 saturated carbocycles. The molecule has 0 spiro atoms. The molecule has 2 aliphatic rings. The summed E-state index contributed by atoms with van der Waals surface area (Å²) in [7, 11) is 0. The highest BCUT2D eigenvalue weighted by Crippen LogP contribution is 2.43. The van der Waals surface area contributed by atoms with Gasteiger partial charge in [0.1, 0.15) is 30.2 Å². The Labute approximate surface area is 154 Å².